The highest BCUT2D eigenvalue weighted by molar-refractivity contribution is 6.99. The summed E-state index contributed by atoms with van der Waals surface area (Å²) in [6.45, 7) is -0.114. The zero-order valence-corrected chi connectivity index (χ0v) is 36.1. The Morgan fingerprint density at radius 3 is 1.70 bits per heavy atom. The number of hydrogen-bond donors (Lipinski definition) is 0. The van der Waals surface area contributed by atoms with Crippen LogP contribution < -0.4 is 26.2 Å². The molecule has 2 aliphatic rings. The molecule has 0 radical (unpaired) electrons. The fourth-order valence-electron chi connectivity index (χ4n) is 11.7. The summed E-state index contributed by atoms with van der Waals surface area (Å²) >= 11 is 0. The number of hydrogen-bond acceptors (Lipinski definition) is 5. The largest absolute Gasteiger partial charge is 0.456 e. The molecule has 0 aliphatic carbocycles. The van der Waals surface area contributed by atoms with E-state index in [0.29, 0.717) is 0 Å². The molecule has 67 heavy (non-hydrogen) atoms. The van der Waals surface area contributed by atoms with Gasteiger partial charge in [-0.3, -0.25) is 0 Å². The van der Waals surface area contributed by atoms with E-state index in [4.69, 9.17) is 13.3 Å². The van der Waals surface area contributed by atoms with Crippen LogP contribution in [0.2, 0.25) is 0 Å². The van der Waals surface area contributed by atoms with E-state index in [0.717, 1.165) is 99.9 Å². The van der Waals surface area contributed by atoms with Gasteiger partial charge in [-0.2, -0.15) is 0 Å². The zero-order valence-electron chi connectivity index (χ0n) is 36.1. The van der Waals surface area contributed by atoms with E-state index in [9.17, 15) is 0 Å². The molecule has 2 aliphatic heterocycles. The molecule has 0 N–H and O–H groups in total. The molecule has 5 nitrogen and oxygen atoms in total. The molecule has 6 heteroatoms. The van der Waals surface area contributed by atoms with E-state index in [-0.39, 0.29) is 12.6 Å². The van der Waals surface area contributed by atoms with Crippen molar-refractivity contribution < 1.29 is 13.3 Å². The van der Waals surface area contributed by atoms with Crippen LogP contribution in [0.15, 0.2) is 232 Å². The van der Waals surface area contributed by atoms with Crippen molar-refractivity contribution >= 4 is 123 Å². The van der Waals surface area contributed by atoms with E-state index in [2.05, 4.69) is 216 Å². The fraction of sp³-hybridized carbons (Fsp3) is 0.0164. The minimum Gasteiger partial charge on any atom is -0.456 e. The van der Waals surface area contributed by atoms with Gasteiger partial charge >= 0.3 is 0 Å². The van der Waals surface area contributed by atoms with E-state index in [1.165, 1.54) is 33.1 Å². The molecule has 0 saturated carbocycles. The van der Waals surface area contributed by atoms with Gasteiger partial charge in [0.05, 0.1) is 11.1 Å². The number of furan rings is 3. The SMILES string of the molecule is c1ccc(C2c3cc(N(c4ccccc4)c4ccc5c(c4)oc4ccccc45)cc4c3B(c3ccc5oc6ccccc6c5c32)c2ccc3oc5ccccc5c3c2N4c2ccccc2)cc1. The van der Waals surface area contributed by atoms with Crippen molar-refractivity contribution in [2.45, 2.75) is 5.92 Å². The number of para-hydroxylation sites is 5. The van der Waals surface area contributed by atoms with Crippen molar-refractivity contribution in [1.29, 1.82) is 0 Å². The Hall–Kier alpha value is -8.74. The van der Waals surface area contributed by atoms with Crippen molar-refractivity contribution in [3.05, 3.63) is 235 Å². The number of fused-ring (bicyclic) bond motifs is 15. The first-order valence-electron chi connectivity index (χ1n) is 23.0. The molecule has 3 aromatic heterocycles. The number of anilines is 6. The standard InChI is InChI=1S/C61H37BN2O3/c1-4-16-37(17-5-1)56-46-34-41(63(38-18-6-2-7-19-38)40-28-29-43-42-22-10-13-25-50(42)67-55(43)36-40)35-49-60(46)62(47-30-32-53-57(59(47)56)44-23-11-14-26-51(44)65-53)48-31-33-54-58(45-24-12-15-27-52(45)66-54)61(48)64(49)39-20-8-3-9-21-39/h1-36,56H. The summed E-state index contributed by atoms with van der Waals surface area (Å²) in [5.41, 5.74) is 19.2. The second kappa shape index (κ2) is 13.9. The zero-order chi connectivity index (χ0) is 43.7. The first kappa shape index (κ1) is 36.6. The van der Waals surface area contributed by atoms with Gasteiger partial charge in [0.1, 0.15) is 33.5 Å². The average molecular weight is 857 g/mol. The average Bonchev–Trinajstić information content (AvgIpc) is 4.08. The minimum atomic E-state index is -0.140. The number of benzene rings is 10. The van der Waals surface area contributed by atoms with Crippen LogP contribution in [0.3, 0.4) is 0 Å². The van der Waals surface area contributed by atoms with Gasteiger partial charge < -0.3 is 23.1 Å². The predicted octanol–water partition coefficient (Wildman–Crippen LogP) is 14.6. The lowest BCUT2D eigenvalue weighted by Gasteiger charge is -2.44. The van der Waals surface area contributed by atoms with Gasteiger partial charge in [0.15, 0.2) is 0 Å². The maximum absolute atomic E-state index is 6.73. The molecule has 0 amide bonds. The summed E-state index contributed by atoms with van der Waals surface area (Å²) in [4.78, 5) is 4.92. The molecule has 0 saturated heterocycles. The Bertz CT molecular complexity index is 3950. The summed E-state index contributed by atoms with van der Waals surface area (Å²) in [5.74, 6) is -0.140. The van der Waals surface area contributed by atoms with Crippen molar-refractivity contribution in [1.82, 2.24) is 0 Å². The molecule has 15 rings (SSSR count). The molecule has 13 aromatic rings. The maximum atomic E-state index is 6.73. The van der Waals surface area contributed by atoms with Crippen molar-refractivity contribution in [2.24, 2.45) is 0 Å². The van der Waals surface area contributed by atoms with Crippen molar-refractivity contribution in [3.63, 3.8) is 0 Å². The van der Waals surface area contributed by atoms with Crippen LogP contribution in [0.5, 0.6) is 0 Å². The third-order valence-electron chi connectivity index (χ3n) is 14.4. The highest BCUT2D eigenvalue weighted by Gasteiger charge is 2.46. The lowest BCUT2D eigenvalue weighted by molar-refractivity contribution is 0.668. The van der Waals surface area contributed by atoms with Gasteiger partial charge in [-0.25, -0.2) is 0 Å². The second-order valence-corrected chi connectivity index (χ2v) is 17.9. The van der Waals surface area contributed by atoms with Gasteiger partial charge in [0.25, 0.3) is 0 Å². The monoisotopic (exact) mass is 856 g/mol. The molecule has 0 spiro atoms. The van der Waals surface area contributed by atoms with Crippen LogP contribution >= 0.6 is 0 Å². The Morgan fingerprint density at radius 1 is 0.403 bits per heavy atom. The molecular formula is C61H37BN2O3. The Kier molecular flexibility index (Phi) is 7.58. The van der Waals surface area contributed by atoms with Crippen LogP contribution in [0.4, 0.5) is 34.1 Å². The lowest BCUT2D eigenvalue weighted by Crippen LogP contribution is -2.62. The fourth-order valence-corrected chi connectivity index (χ4v) is 11.7. The van der Waals surface area contributed by atoms with Crippen LogP contribution in [0, 0.1) is 0 Å². The van der Waals surface area contributed by atoms with Gasteiger partial charge in [-0.15, -0.1) is 0 Å². The first-order valence-corrected chi connectivity index (χ1v) is 23.0. The molecule has 1 unspecified atom stereocenters. The smallest absolute Gasteiger partial charge is 0.247 e. The molecular weight excluding hydrogens is 819 g/mol. The summed E-state index contributed by atoms with van der Waals surface area (Å²) in [6, 6.07) is 78.6. The second-order valence-electron chi connectivity index (χ2n) is 17.9. The first-order chi connectivity index (χ1) is 33.2. The third kappa shape index (κ3) is 5.21. The normalized spacial score (nSPS) is 14.1. The Morgan fingerprint density at radius 2 is 0.970 bits per heavy atom. The molecule has 0 bridgehead atoms. The van der Waals surface area contributed by atoms with E-state index in [1.54, 1.807) is 0 Å². The summed E-state index contributed by atoms with van der Waals surface area (Å²) in [5, 5.41) is 6.68. The molecule has 312 valence electrons. The van der Waals surface area contributed by atoms with Crippen molar-refractivity contribution in [3.8, 4) is 0 Å². The van der Waals surface area contributed by atoms with Gasteiger partial charge in [0, 0.05) is 67.4 Å². The Labute approximate surface area is 385 Å². The van der Waals surface area contributed by atoms with E-state index < -0.39 is 0 Å². The maximum Gasteiger partial charge on any atom is 0.247 e. The predicted molar refractivity (Wildman–Crippen MR) is 276 cm³/mol. The van der Waals surface area contributed by atoms with Crippen LogP contribution in [0.25, 0.3) is 65.8 Å². The number of rotatable bonds is 5. The van der Waals surface area contributed by atoms with Gasteiger partial charge in [-0.05, 0) is 106 Å². The van der Waals surface area contributed by atoms with E-state index in [1.807, 2.05) is 12.1 Å². The van der Waals surface area contributed by atoms with Crippen LogP contribution in [-0.2, 0) is 0 Å². The quantitative estimate of drug-likeness (QED) is 0.161. The topological polar surface area (TPSA) is 45.9 Å². The minimum absolute atomic E-state index is 0.114. The van der Waals surface area contributed by atoms with E-state index >= 15 is 0 Å². The highest BCUT2D eigenvalue weighted by atomic mass is 16.3. The van der Waals surface area contributed by atoms with Gasteiger partial charge in [0.2, 0.25) is 6.71 Å². The lowest BCUT2D eigenvalue weighted by atomic mass is 9.31. The number of nitrogens with zero attached hydrogens (tertiary/aromatic N) is 2. The van der Waals surface area contributed by atoms with Crippen LogP contribution in [0.1, 0.15) is 22.6 Å². The third-order valence-corrected chi connectivity index (χ3v) is 14.4. The summed E-state index contributed by atoms with van der Waals surface area (Å²) in [6.07, 6.45) is 0. The molecule has 10 aromatic carbocycles. The van der Waals surface area contributed by atoms with Crippen LogP contribution in [-0.4, -0.2) is 6.71 Å². The van der Waals surface area contributed by atoms with Crippen molar-refractivity contribution in [2.75, 3.05) is 9.80 Å². The Balaban J connectivity index is 1.11. The summed E-state index contributed by atoms with van der Waals surface area (Å²) in [7, 11) is 0. The summed E-state index contributed by atoms with van der Waals surface area (Å²) < 4.78 is 20.0. The molecule has 0 fully saturated rings. The molecule has 1 atom stereocenters. The highest BCUT2D eigenvalue weighted by Crippen LogP contribution is 2.51. The molecule has 5 heterocycles. The van der Waals surface area contributed by atoms with Gasteiger partial charge in [-0.1, -0.05) is 139 Å².